The first-order chi connectivity index (χ1) is 10.5. The Kier molecular flexibility index (Phi) is 4.67. The number of aryl methyl sites for hydroxylation is 1. The number of rotatable bonds is 4. The van der Waals surface area contributed by atoms with Crippen molar-refractivity contribution in [1.29, 1.82) is 0 Å². The zero-order valence-corrected chi connectivity index (χ0v) is 12.2. The second-order valence-electron chi connectivity index (χ2n) is 4.61. The van der Waals surface area contributed by atoms with Gasteiger partial charge in [0.05, 0.1) is 19.0 Å². The van der Waals surface area contributed by atoms with E-state index in [2.05, 4.69) is 15.0 Å². The van der Waals surface area contributed by atoms with Crippen LogP contribution in [0.3, 0.4) is 0 Å². The predicted octanol–water partition coefficient (Wildman–Crippen LogP) is 0.977. The number of hydrogen-bond acceptors (Lipinski definition) is 5. The summed E-state index contributed by atoms with van der Waals surface area (Å²) >= 11 is 0. The molecule has 0 atom stereocenters. The predicted molar refractivity (Wildman–Crippen MR) is 79.6 cm³/mol. The Morgan fingerprint density at radius 2 is 1.95 bits per heavy atom. The van der Waals surface area contributed by atoms with Crippen LogP contribution in [0.15, 0.2) is 41.5 Å². The first-order valence-corrected chi connectivity index (χ1v) is 6.51. The van der Waals surface area contributed by atoms with Crippen molar-refractivity contribution in [1.82, 2.24) is 9.55 Å². The Bertz CT molecular complexity index is 750. The van der Waals surface area contributed by atoms with Gasteiger partial charge in [-0.15, -0.1) is 0 Å². The third kappa shape index (κ3) is 3.78. The average Bonchev–Trinajstić information content (AvgIpc) is 2.50. The quantitative estimate of drug-likeness (QED) is 0.850. The molecular formula is C15H15N3O4. The minimum atomic E-state index is -0.449. The summed E-state index contributed by atoms with van der Waals surface area (Å²) in [6.07, 6.45) is 1.33. The van der Waals surface area contributed by atoms with Crippen LogP contribution >= 0.6 is 0 Å². The number of nitrogens with zero attached hydrogens (tertiary/aromatic N) is 2. The molecule has 0 aliphatic carbocycles. The maximum Gasteiger partial charge on any atom is 0.337 e. The van der Waals surface area contributed by atoms with Gasteiger partial charge in [-0.3, -0.25) is 14.2 Å². The Labute approximate surface area is 126 Å². The van der Waals surface area contributed by atoms with Crippen molar-refractivity contribution in [2.45, 2.75) is 13.5 Å². The van der Waals surface area contributed by atoms with Gasteiger partial charge in [-0.05, 0) is 31.2 Å². The Morgan fingerprint density at radius 3 is 2.55 bits per heavy atom. The van der Waals surface area contributed by atoms with Crippen molar-refractivity contribution in [3.8, 4) is 0 Å². The molecule has 114 valence electrons. The molecule has 0 saturated heterocycles. The standard InChI is InChI=1S/C15H15N3O4/c1-10-7-14(20)18(9-16-10)8-13(19)17-12-5-3-11(4-6-12)15(21)22-2/h3-7,9H,8H2,1-2H3,(H,17,19). The highest BCUT2D eigenvalue weighted by Gasteiger charge is 2.08. The molecule has 2 rings (SSSR count). The van der Waals surface area contributed by atoms with Crippen molar-refractivity contribution in [3.05, 3.63) is 58.3 Å². The summed E-state index contributed by atoms with van der Waals surface area (Å²) in [5.41, 5.74) is 1.22. The fourth-order valence-corrected chi connectivity index (χ4v) is 1.80. The number of carbonyl (C=O) groups is 2. The van der Waals surface area contributed by atoms with E-state index in [-0.39, 0.29) is 18.0 Å². The van der Waals surface area contributed by atoms with Crippen molar-refractivity contribution in [3.63, 3.8) is 0 Å². The van der Waals surface area contributed by atoms with E-state index in [1.54, 1.807) is 31.2 Å². The van der Waals surface area contributed by atoms with E-state index in [9.17, 15) is 14.4 Å². The lowest BCUT2D eigenvalue weighted by Gasteiger charge is -2.07. The molecular weight excluding hydrogens is 286 g/mol. The summed E-state index contributed by atoms with van der Waals surface area (Å²) in [6.45, 7) is 1.57. The first kappa shape index (κ1) is 15.4. The van der Waals surface area contributed by atoms with E-state index in [0.29, 0.717) is 16.9 Å². The third-order valence-corrected chi connectivity index (χ3v) is 2.92. The second-order valence-corrected chi connectivity index (χ2v) is 4.61. The summed E-state index contributed by atoms with van der Waals surface area (Å²) in [5.74, 6) is -0.811. The smallest absolute Gasteiger partial charge is 0.337 e. The summed E-state index contributed by atoms with van der Waals surface area (Å²) in [7, 11) is 1.30. The fraction of sp³-hybridized carbons (Fsp3) is 0.200. The molecule has 0 bridgehead atoms. The van der Waals surface area contributed by atoms with Crippen LogP contribution < -0.4 is 10.9 Å². The number of methoxy groups -OCH3 is 1. The summed E-state index contributed by atoms with van der Waals surface area (Å²) in [4.78, 5) is 38.8. The van der Waals surface area contributed by atoms with Crippen LogP contribution in [-0.4, -0.2) is 28.5 Å². The maximum absolute atomic E-state index is 11.9. The van der Waals surface area contributed by atoms with Crippen molar-refractivity contribution in [2.24, 2.45) is 0 Å². The molecule has 2 aromatic rings. The minimum absolute atomic E-state index is 0.134. The number of anilines is 1. The molecule has 1 amide bonds. The van der Waals surface area contributed by atoms with Gasteiger partial charge < -0.3 is 10.1 Å². The van der Waals surface area contributed by atoms with E-state index in [1.807, 2.05) is 0 Å². The number of carbonyl (C=O) groups excluding carboxylic acids is 2. The molecule has 0 aliphatic rings. The summed E-state index contributed by atoms with van der Waals surface area (Å²) in [6, 6.07) is 7.61. The van der Waals surface area contributed by atoms with E-state index < -0.39 is 5.97 Å². The zero-order chi connectivity index (χ0) is 16.1. The second kappa shape index (κ2) is 6.66. The Balaban J connectivity index is 2.03. The molecule has 1 aromatic carbocycles. The summed E-state index contributed by atoms with van der Waals surface area (Å²) in [5, 5.41) is 2.64. The Hall–Kier alpha value is -2.96. The average molecular weight is 301 g/mol. The molecule has 0 radical (unpaired) electrons. The van der Waals surface area contributed by atoms with E-state index >= 15 is 0 Å². The molecule has 22 heavy (non-hydrogen) atoms. The molecule has 1 aromatic heterocycles. The van der Waals surface area contributed by atoms with Crippen LogP contribution in [0.5, 0.6) is 0 Å². The van der Waals surface area contributed by atoms with Crippen molar-refractivity contribution >= 4 is 17.6 Å². The lowest BCUT2D eigenvalue weighted by atomic mass is 10.2. The van der Waals surface area contributed by atoms with E-state index in [0.717, 1.165) is 0 Å². The van der Waals surface area contributed by atoms with Gasteiger partial charge in [-0.1, -0.05) is 0 Å². The number of ether oxygens (including phenoxy) is 1. The monoisotopic (exact) mass is 301 g/mol. The van der Waals surface area contributed by atoms with Crippen LogP contribution in [-0.2, 0) is 16.1 Å². The van der Waals surface area contributed by atoms with Crippen LogP contribution in [0.1, 0.15) is 16.1 Å². The van der Waals surface area contributed by atoms with Crippen LogP contribution in [0.4, 0.5) is 5.69 Å². The van der Waals surface area contributed by atoms with Crippen molar-refractivity contribution < 1.29 is 14.3 Å². The van der Waals surface area contributed by atoms with E-state index in [4.69, 9.17) is 0 Å². The lowest BCUT2D eigenvalue weighted by molar-refractivity contribution is -0.116. The Morgan fingerprint density at radius 1 is 1.27 bits per heavy atom. The number of aromatic nitrogens is 2. The van der Waals surface area contributed by atoms with Crippen LogP contribution in [0.2, 0.25) is 0 Å². The van der Waals surface area contributed by atoms with Gasteiger partial charge in [0.25, 0.3) is 5.56 Å². The zero-order valence-electron chi connectivity index (χ0n) is 12.2. The van der Waals surface area contributed by atoms with E-state index in [1.165, 1.54) is 24.1 Å². The molecule has 0 unspecified atom stereocenters. The normalized spacial score (nSPS) is 10.1. The SMILES string of the molecule is COC(=O)c1ccc(NC(=O)Cn2cnc(C)cc2=O)cc1. The molecule has 7 nitrogen and oxygen atoms in total. The third-order valence-electron chi connectivity index (χ3n) is 2.92. The highest BCUT2D eigenvalue weighted by Crippen LogP contribution is 2.10. The molecule has 0 saturated carbocycles. The van der Waals surface area contributed by atoms with Gasteiger partial charge in [0, 0.05) is 17.4 Å². The number of benzene rings is 1. The number of nitrogens with one attached hydrogen (secondary N) is 1. The van der Waals surface area contributed by atoms with Gasteiger partial charge in [-0.2, -0.15) is 0 Å². The highest BCUT2D eigenvalue weighted by molar-refractivity contribution is 5.92. The summed E-state index contributed by atoms with van der Waals surface area (Å²) < 4.78 is 5.80. The molecule has 1 N–H and O–H groups in total. The van der Waals surface area contributed by atoms with Gasteiger partial charge in [0.1, 0.15) is 6.54 Å². The number of amides is 1. The molecule has 0 spiro atoms. The lowest BCUT2D eigenvalue weighted by Crippen LogP contribution is -2.27. The fourth-order valence-electron chi connectivity index (χ4n) is 1.80. The highest BCUT2D eigenvalue weighted by atomic mass is 16.5. The molecule has 0 fully saturated rings. The van der Waals surface area contributed by atoms with Gasteiger partial charge >= 0.3 is 5.97 Å². The minimum Gasteiger partial charge on any atom is -0.465 e. The largest absolute Gasteiger partial charge is 0.465 e. The number of esters is 1. The van der Waals surface area contributed by atoms with Gasteiger partial charge in [0.2, 0.25) is 5.91 Å². The topological polar surface area (TPSA) is 90.3 Å². The van der Waals surface area contributed by atoms with Crippen LogP contribution in [0.25, 0.3) is 0 Å². The number of hydrogen-bond donors (Lipinski definition) is 1. The first-order valence-electron chi connectivity index (χ1n) is 6.51. The molecule has 1 heterocycles. The van der Waals surface area contributed by atoms with Gasteiger partial charge in [0.15, 0.2) is 0 Å². The van der Waals surface area contributed by atoms with Gasteiger partial charge in [-0.25, -0.2) is 9.78 Å². The van der Waals surface area contributed by atoms with Crippen LogP contribution in [0, 0.1) is 6.92 Å². The molecule has 0 aliphatic heterocycles. The van der Waals surface area contributed by atoms with Crippen molar-refractivity contribution in [2.75, 3.05) is 12.4 Å². The maximum atomic E-state index is 11.9. The molecule has 7 heteroatoms.